The molecule has 2 bridgehead atoms. The number of rotatable bonds is 1. The van der Waals surface area contributed by atoms with Crippen LogP contribution in [0.5, 0.6) is 5.75 Å². The lowest BCUT2D eigenvalue weighted by atomic mass is 9.93. The van der Waals surface area contributed by atoms with E-state index in [0.29, 0.717) is 27.9 Å². The molecule has 5 rings (SSSR count). The Balaban J connectivity index is 1.87. The number of nitrogens with zero attached hydrogens (tertiary/aromatic N) is 5. The highest BCUT2D eigenvalue weighted by Crippen LogP contribution is 2.42. The number of benzene rings is 1. The van der Waals surface area contributed by atoms with Crippen molar-refractivity contribution in [3.63, 3.8) is 0 Å². The van der Waals surface area contributed by atoms with E-state index in [-0.39, 0.29) is 35.8 Å². The summed E-state index contributed by atoms with van der Waals surface area (Å²) in [6.07, 6.45) is -2.36. The van der Waals surface area contributed by atoms with Crippen LogP contribution in [0.1, 0.15) is 42.3 Å². The van der Waals surface area contributed by atoms with Gasteiger partial charge in [-0.25, -0.2) is 9.37 Å². The highest BCUT2D eigenvalue weighted by Gasteiger charge is 2.40. The quantitative estimate of drug-likeness (QED) is 0.376. The number of nitrogens with two attached hydrogens (primary N) is 1. The molecule has 7 nitrogen and oxygen atoms in total. The fourth-order valence-corrected chi connectivity index (χ4v) is 4.55. The van der Waals surface area contributed by atoms with Crippen molar-refractivity contribution in [1.82, 2.24) is 24.5 Å². The maximum atomic E-state index is 14.3. The molecule has 3 aromatic heterocycles. The van der Waals surface area contributed by atoms with Crippen molar-refractivity contribution < 1.29 is 22.3 Å². The van der Waals surface area contributed by atoms with Crippen molar-refractivity contribution in [2.75, 3.05) is 5.73 Å². The van der Waals surface area contributed by atoms with Crippen LogP contribution in [0.3, 0.4) is 0 Å². The molecule has 0 saturated heterocycles. The van der Waals surface area contributed by atoms with Gasteiger partial charge in [0.2, 0.25) is 0 Å². The van der Waals surface area contributed by atoms with Crippen LogP contribution >= 0.6 is 0 Å². The molecule has 1 aromatic carbocycles. The summed E-state index contributed by atoms with van der Waals surface area (Å²) in [6, 6.07) is 5.73. The van der Waals surface area contributed by atoms with Gasteiger partial charge in [-0.2, -0.15) is 23.4 Å². The molecular formula is C24H22F4N6O. The Morgan fingerprint density at radius 2 is 1.97 bits per heavy atom. The Hall–Kier alpha value is -3.89. The molecule has 2 N–H and O–H groups in total. The van der Waals surface area contributed by atoms with Crippen LogP contribution in [-0.4, -0.2) is 24.5 Å². The highest BCUT2D eigenvalue weighted by atomic mass is 19.4. The summed E-state index contributed by atoms with van der Waals surface area (Å²) in [4.78, 5) is 4.17. The maximum absolute atomic E-state index is 14.3. The van der Waals surface area contributed by atoms with Crippen LogP contribution in [0.15, 0.2) is 36.7 Å². The molecular weight excluding hydrogens is 464 g/mol. The molecule has 1 aliphatic heterocycles. The number of ether oxygens (including phenoxy) is 1. The van der Waals surface area contributed by atoms with E-state index in [4.69, 9.17) is 10.5 Å². The van der Waals surface area contributed by atoms with Crippen LogP contribution in [0.2, 0.25) is 0 Å². The molecule has 11 heteroatoms. The Morgan fingerprint density at radius 1 is 1.20 bits per heavy atom. The topological polar surface area (TPSA) is 83.8 Å². The third kappa shape index (κ3) is 3.90. The molecule has 0 spiro atoms. The predicted octanol–water partition coefficient (Wildman–Crippen LogP) is 5.15. The van der Waals surface area contributed by atoms with E-state index >= 15 is 0 Å². The third-order valence-corrected chi connectivity index (χ3v) is 6.06. The van der Waals surface area contributed by atoms with E-state index in [0.717, 1.165) is 0 Å². The second-order valence-corrected chi connectivity index (χ2v) is 8.44. The first-order chi connectivity index (χ1) is 16.6. The van der Waals surface area contributed by atoms with Crippen molar-refractivity contribution >= 4 is 5.82 Å². The number of hydrogen-bond acceptors (Lipinski definition) is 5. The number of halogens is 4. The van der Waals surface area contributed by atoms with Gasteiger partial charge < -0.3 is 10.5 Å². The number of anilines is 1. The maximum Gasteiger partial charge on any atom is 0.435 e. The zero-order chi connectivity index (χ0) is 25.1. The van der Waals surface area contributed by atoms with Crippen LogP contribution in [0.4, 0.5) is 23.4 Å². The molecule has 35 heavy (non-hydrogen) atoms. The van der Waals surface area contributed by atoms with Crippen LogP contribution in [-0.2, 0) is 26.2 Å². The van der Waals surface area contributed by atoms with Gasteiger partial charge in [-0.05, 0) is 38.1 Å². The van der Waals surface area contributed by atoms with Crippen LogP contribution in [0, 0.1) is 5.82 Å². The molecule has 0 radical (unpaired) electrons. The van der Waals surface area contributed by atoms with Crippen LogP contribution < -0.4 is 10.5 Å². The van der Waals surface area contributed by atoms with E-state index in [1.54, 1.807) is 39.2 Å². The Kier molecular flexibility index (Phi) is 5.30. The lowest BCUT2D eigenvalue weighted by Crippen LogP contribution is -2.11. The summed E-state index contributed by atoms with van der Waals surface area (Å²) >= 11 is 0. The molecule has 0 fully saturated rings. The molecule has 4 heterocycles. The monoisotopic (exact) mass is 486 g/mol. The fourth-order valence-electron chi connectivity index (χ4n) is 4.55. The van der Waals surface area contributed by atoms with Gasteiger partial charge in [-0.3, -0.25) is 9.36 Å². The predicted molar refractivity (Wildman–Crippen MR) is 121 cm³/mol. The number of aromatic nitrogens is 5. The Bertz CT molecular complexity index is 1440. The number of pyridine rings is 1. The first-order valence-corrected chi connectivity index (χ1v) is 11.0. The largest absolute Gasteiger partial charge is 0.482 e. The van der Waals surface area contributed by atoms with Gasteiger partial charge in [0.05, 0.1) is 11.4 Å². The average molecular weight is 486 g/mol. The normalized spacial score (nSPS) is 15.3. The van der Waals surface area contributed by atoms with Crippen molar-refractivity contribution in [3.05, 3.63) is 64.9 Å². The van der Waals surface area contributed by atoms with Gasteiger partial charge in [0.1, 0.15) is 11.9 Å². The Morgan fingerprint density at radius 3 is 2.69 bits per heavy atom. The molecule has 0 saturated carbocycles. The number of hydrogen-bond donors (Lipinski definition) is 1. The third-order valence-electron chi connectivity index (χ3n) is 6.06. The van der Waals surface area contributed by atoms with E-state index < -0.39 is 23.8 Å². The fraction of sp³-hybridized carbons (Fsp3) is 0.292. The molecule has 1 unspecified atom stereocenters. The first-order valence-electron chi connectivity index (χ1n) is 11.0. The van der Waals surface area contributed by atoms with Gasteiger partial charge >= 0.3 is 6.18 Å². The lowest BCUT2D eigenvalue weighted by Gasteiger charge is -2.21. The smallest absolute Gasteiger partial charge is 0.435 e. The average Bonchev–Trinajstić information content (AvgIpc) is 3.34. The second-order valence-electron chi connectivity index (χ2n) is 8.44. The van der Waals surface area contributed by atoms with Crippen molar-refractivity contribution in [1.29, 1.82) is 0 Å². The van der Waals surface area contributed by atoms with E-state index in [1.165, 1.54) is 27.7 Å². The lowest BCUT2D eigenvalue weighted by molar-refractivity contribution is -0.142. The van der Waals surface area contributed by atoms with Gasteiger partial charge in [0.25, 0.3) is 0 Å². The SMILES string of the molecule is CCn1nc(C(F)(F)F)c2c1-c1cnc(N)c(c1)OC(C)c1cc(F)ccc1-c1nn(C)cc1C2. The van der Waals surface area contributed by atoms with E-state index in [9.17, 15) is 17.6 Å². The molecule has 1 atom stereocenters. The number of aryl methyl sites for hydroxylation is 2. The molecule has 0 amide bonds. The minimum atomic E-state index is -4.68. The van der Waals surface area contributed by atoms with Gasteiger partial charge in [-0.1, -0.05) is 0 Å². The van der Waals surface area contributed by atoms with Crippen molar-refractivity contribution in [2.24, 2.45) is 7.05 Å². The minimum absolute atomic E-state index is 0.0107. The second kappa shape index (κ2) is 8.10. The van der Waals surface area contributed by atoms with Gasteiger partial charge in [-0.15, -0.1) is 0 Å². The zero-order valence-corrected chi connectivity index (χ0v) is 19.2. The van der Waals surface area contributed by atoms with Crippen molar-refractivity contribution in [3.8, 4) is 28.3 Å². The van der Waals surface area contributed by atoms with E-state index in [1.807, 2.05) is 0 Å². The summed E-state index contributed by atoms with van der Waals surface area (Å²) in [6.45, 7) is 3.66. The minimum Gasteiger partial charge on any atom is -0.482 e. The number of alkyl halides is 3. The summed E-state index contributed by atoms with van der Waals surface area (Å²) in [7, 11) is 1.68. The van der Waals surface area contributed by atoms with Gasteiger partial charge in [0, 0.05) is 60.2 Å². The molecule has 182 valence electrons. The zero-order valence-electron chi connectivity index (χ0n) is 19.2. The summed E-state index contributed by atoms with van der Waals surface area (Å²) in [5.41, 5.74) is 7.73. The summed E-state index contributed by atoms with van der Waals surface area (Å²) in [5.74, 6) is -0.237. The Labute approximate surface area is 198 Å². The van der Waals surface area contributed by atoms with Gasteiger partial charge in [0.15, 0.2) is 17.3 Å². The standard InChI is InChI=1S/C24H22F4N6O/c1-4-34-21-13-8-19(23(29)30-10-13)35-12(2)17-9-15(25)5-6-16(17)20-14(11-33(3)31-20)7-18(21)22(32-34)24(26,27)28/h5-6,8-12H,4,7H2,1-3H3,(H2,29,30). The summed E-state index contributed by atoms with van der Waals surface area (Å²) < 4.78 is 65.6. The molecule has 0 aliphatic carbocycles. The van der Waals surface area contributed by atoms with Crippen molar-refractivity contribution in [2.45, 2.75) is 39.1 Å². The molecule has 4 aromatic rings. The highest BCUT2D eigenvalue weighted by molar-refractivity contribution is 5.72. The number of nitrogen functional groups attached to an aromatic ring is 1. The van der Waals surface area contributed by atoms with E-state index in [2.05, 4.69) is 15.2 Å². The molecule has 1 aliphatic rings. The first kappa shape index (κ1) is 22.9. The van der Waals surface area contributed by atoms with Crippen LogP contribution in [0.25, 0.3) is 22.5 Å². The number of fused-ring (bicyclic) bond motifs is 7. The summed E-state index contributed by atoms with van der Waals surface area (Å²) in [5, 5.41) is 8.43.